The molecule has 3 heterocycles. The minimum absolute atomic E-state index is 0.0188. The van der Waals surface area contributed by atoms with Crippen molar-refractivity contribution >= 4 is 23.2 Å². The van der Waals surface area contributed by atoms with Crippen molar-refractivity contribution in [2.45, 2.75) is 50.0 Å². The molecule has 6 rings (SSSR count). The van der Waals surface area contributed by atoms with Gasteiger partial charge in [-0.2, -0.15) is 0 Å². The summed E-state index contributed by atoms with van der Waals surface area (Å²) in [4.78, 5) is 19.1. The number of nitrogens with one attached hydrogen (secondary N) is 1. The zero-order chi connectivity index (χ0) is 30.5. The summed E-state index contributed by atoms with van der Waals surface area (Å²) in [5.74, 6) is -0.246. The number of aliphatic hydroxyl groups excluding tert-OH is 1. The molecule has 1 amide bonds. The van der Waals surface area contributed by atoms with Crippen molar-refractivity contribution in [3.63, 3.8) is 0 Å². The number of ether oxygens (including phenoxy) is 2. The van der Waals surface area contributed by atoms with Crippen LogP contribution in [0.5, 0.6) is 0 Å². The largest absolute Gasteiger partial charge is 0.392 e. The van der Waals surface area contributed by atoms with Gasteiger partial charge in [0.15, 0.2) is 6.29 Å². The molecule has 3 atom stereocenters. The smallest absolute Gasteiger partial charge is 0.257 e. The molecule has 3 N–H and O–H groups in total. The number of carbonyl (C=O) groups is 1. The second-order valence-corrected chi connectivity index (χ2v) is 11.9. The van der Waals surface area contributed by atoms with Gasteiger partial charge in [0.2, 0.25) is 0 Å². The molecule has 0 saturated carbocycles. The Balaban J connectivity index is 1.17. The Morgan fingerprint density at radius 3 is 2.45 bits per heavy atom. The molecule has 2 fully saturated rings. The highest BCUT2D eigenvalue weighted by atomic mass is 35.5. The van der Waals surface area contributed by atoms with Gasteiger partial charge in [0.1, 0.15) is 0 Å². The van der Waals surface area contributed by atoms with Gasteiger partial charge >= 0.3 is 0 Å². The second kappa shape index (κ2) is 13.6. The quantitative estimate of drug-likeness (QED) is 0.224. The van der Waals surface area contributed by atoms with Crippen molar-refractivity contribution in [1.29, 1.82) is 0 Å². The number of aromatic nitrogens is 1. The number of rotatable bonds is 8. The summed E-state index contributed by atoms with van der Waals surface area (Å²) in [7, 11) is 0. The second-order valence-electron chi connectivity index (χ2n) is 11.5. The Kier molecular flexibility index (Phi) is 9.37. The zero-order valence-corrected chi connectivity index (χ0v) is 25.1. The van der Waals surface area contributed by atoms with Crippen LogP contribution in [-0.2, 0) is 21.7 Å². The van der Waals surface area contributed by atoms with Crippen LogP contribution in [0.1, 0.15) is 64.3 Å². The fraction of sp³-hybridized carbons (Fsp3) is 0.314. The first-order valence-electron chi connectivity index (χ1n) is 14.9. The fourth-order valence-electron chi connectivity index (χ4n) is 5.94. The number of halogens is 1. The van der Waals surface area contributed by atoms with Gasteiger partial charge in [-0.3, -0.25) is 9.78 Å². The Labute approximate surface area is 262 Å². The van der Waals surface area contributed by atoms with Crippen molar-refractivity contribution in [2.75, 3.05) is 25.0 Å². The standard InChI is InChI=1S/C35H36ClN3O5/c36-29-12-10-28(11-13-29)35(42)14-17-39(18-15-35)22-31-20-32(25-8-6-24(23-40)7-9-25)44-34(43-31)26-3-1-5-30(19-26)38-33(41)27-4-2-16-37-21-27/h1-13,16,19,21,31-32,34,40,42H,14-15,17-18,20,22-23H2,(H,38,41). The number of aliphatic hydroxyl groups is 2. The number of benzene rings is 3. The summed E-state index contributed by atoms with van der Waals surface area (Å²) >= 11 is 6.07. The maximum Gasteiger partial charge on any atom is 0.257 e. The highest BCUT2D eigenvalue weighted by molar-refractivity contribution is 6.30. The molecule has 0 bridgehead atoms. The van der Waals surface area contributed by atoms with Crippen LogP contribution in [0.3, 0.4) is 0 Å². The van der Waals surface area contributed by atoms with Crippen LogP contribution in [0.15, 0.2) is 97.3 Å². The molecule has 9 heteroatoms. The van der Waals surface area contributed by atoms with Crippen molar-refractivity contribution in [3.05, 3.63) is 130 Å². The molecule has 3 aromatic carbocycles. The van der Waals surface area contributed by atoms with Gasteiger partial charge in [0.25, 0.3) is 5.91 Å². The topological polar surface area (TPSA) is 104 Å². The van der Waals surface area contributed by atoms with E-state index >= 15 is 0 Å². The van der Waals surface area contributed by atoms with Gasteiger partial charge in [-0.05, 0) is 65.9 Å². The van der Waals surface area contributed by atoms with E-state index in [1.807, 2.05) is 72.8 Å². The number of hydrogen-bond donors (Lipinski definition) is 3. The molecule has 1 aromatic heterocycles. The lowest BCUT2D eigenvalue weighted by Crippen LogP contribution is -2.46. The van der Waals surface area contributed by atoms with Crippen LogP contribution in [0.4, 0.5) is 5.69 Å². The lowest BCUT2D eigenvalue weighted by molar-refractivity contribution is -0.253. The number of piperidine rings is 1. The highest BCUT2D eigenvalue weighted by Crippen LogP contribution is 2.40. The predicted octanol–water partition coefficient (Wildman–Crippen LogP) is 6.01. The molecule has 0 radical (unpaired) electrons. The van der Waals surface area contributed by atoms with Crippen LogP contribution < -0.4 is 5.32 Å². The first-order valence-corrected chi connectivity index (χ1v) is 15.3. The van der Waals surface area contributed by atoms with E-state index in [1.165, 1.54) is 6.20 Å². The third kappa shape index (κ3) is 7.18. The van der Waals surface area contributed by atoms with E-state index < -0.39 is 11.9 Å². The molecule has 0 spiro atoms. The first kappa shape index (κ1) is 30.4. The van der Waals surface area contributed by atoms with Gasteiger partial charge in [0, 0.05) is 54.7 Å². The lowest BCUT2D eigenvalue weighted by atomic mass is 9.84. The Hall–Kier alpha value is -3.63. The Morgan fingerprint density at radius 2 is 1.75 bits per heavy atom. The monoisotopic (exact) mass is 613 g/mol. The summed E-state index contributed by atoms with van der Waals surface area (Å²) in [6, 6.07) is 26.2. The lowest BCUT2D eigenvalue weighted by Gasteiger charge is -2.42. The van der Waals surface area contributed by atoms with E-state index in [4.69, 9.17) is 21.1 Å². The molecular formula is C35H36ClN3O5. The summed E-state index contributed by atoms with van der Waals surface area (Å²) in [6.45, 7) is 2.14. The van der Waals surface area contributed by atoms with Gasteiger partial charge in [-0.25, -0.2) is 0 Å². The van der Waals surface area contributed by atoms with Crippen LogP contribution in [0.2, 0.25) is 5.02 Å². The van der Waals surface area contributed by atoms with Gasteiger partial charge in [0.05, 0.1) is 30.0 Å². The molecule has 2 saturated heterocycles. The minimum atomic E-state index is -0.877. The molecule has 8 nitrogen and oxygen atoms in total. The molecule has 4 aromatic rings. The number of anilines is 1. The van der Waals surface area contributed by atoms with E-state index in [-0.39, 0.29) is 24.7 Å². The molecule has 2 aliphatic rings. The summed E-state index contributed by atoms with van der Waals surface area (Å²) in [5.41, 5.74) is 3.77. The van der Waals surface area contributed by atoms with Gasteiger partial charge < -0.3 is 29.9 Å². The van der Waals surface area contributed by atoms with Crippen LogP contribution in [0.25, 0.3) is 0 Å². The zero-order valence-electron chi connectivity index (χ0n) is 24.3. The average Bonchev–Trinajstić information content (AvgIpc) is 3.06. The molecule has 44 heavy (non-hydrogen) atoms. The normalized spacial score (nSPS) is 21.9. The summed E-state index contributed by atoms with van der Waals surface area (Å²) < 4.78 is 13.1. The maximum atomic E-state index is 12.8. The van der Waals surface area contributed by atoms with Crippen molar-refractivity contribution in [2.24, 2.45) is 0 Å². The third-order valence-corrected chi connectivity index (χ3v) is 8.73. The average molecular weight is 614 g/mol. The number of nitrogens with zero attached hydrogens (tertiary/aromatic N) is 2. The summed E-state index contributed by atoms with van der Waals surface area (Å²) in [5, 5.41) is 24.5. The fourth-order valence-corrected chi connectivity index (χ4v) is 6.06. The predicted molar refractivity (Wildman–Crippen MR) is 168 cm³/mol. The van der Waals surface area contributed by atoms with Gasteiger partial charge in [-0.1, -0.05) is 60.1 Å². The van der Waals surface area contributed by atoms with Crippen molar-refractivity contribution in [1.82, 2.24) is 9.88 Å². The number of pyridine rings is 1. The van der Waals surface area contributed by atoms with Gasteiger partial charge in [-0.15, -0.1) is 0 Å². The number of hydrogen-bond acceptors (Lipinski definition) is 7. The Bertz CT molecular complexity index is 1540. The molecule has 2 aliphatic heterocycles. The van der Waals surface area contributed by atoms with E-state index in [2.05, 4.69) is 15.2 Å². The first-order chi connectivity index (χ1) is 21.4. The number of amides is 1. The number of likely N-dealkylation sites (tertiary alicyclic amines) is 1. The maximum absolute atomic E-state index is 12.8. The SMILES string of the molecule is O=C(Nc1cccc(C2OC(CN3CCC(O)(c4ccc(Cl)cc4)CC3)CC(c3ccc(CO)cc3)O2)c1)c1cccnc1. The molecule has 3 unspecified atom stereocenters. The van der Waals surface area contributed by atoms with Crippen LogP contribution in [0, 0.1) is 0 Å². The van der Waals surface area contributed by atoms with Crippen molar-refractivity contribution in [3.8, 4) is 0 Å². The molecule has 0 aliphatic carbocycles. The van der Waals surface area contributed by atoms with Crippen LogP contribution in [-0.4, -0.2) is 51.7 Å². The van der Waals surface area contributed by atoms with E-state index in [0.717, 1.165) is 35.3 Å². The molecule has 228 valence electrons. The van der Waals surface area contributed by atoms with E-state index in [9.17, 15) is 15.0 Å². The number of carbonyl (C=O) groups excluding carboxylic acids is 1. The summed E-state index contributed by atoms with van der Waals surface area (Å²) in [6.07, 6.45) is 4.04. The minimum Gasteiger partial charge on any atom is -0.392 e. The van der Waals surface area contributed by atoms with E-state index in [1.54, 1.807) is 18.3 Å². The highest BCUT2D eigenvalue weighted by Gasteiger charge is 2.37. The van der Waals surface area contributed by atoms with Crippen molar-refractivity contribution < 1.29 is 24.5 Å². The third-order valence-electron chi connectivity index (χ3n) is 8.48. The molecular weight excluding hydrogens is 578 g/mol. The van der Waals surface area contributed by atoms with E-state index in [0.29, 0.717) is 42.1 Å². The van der Waals surface area contributed by atoms with Crippen LogP contribution >= 0.6 is 11.6 Å². The Morgan fingerprint density at radius 1 is 0.977 bits per heavy atom.